The van der Waals surface area contributed by atoms with Gasteiger partial charge in [0.2, 0.25) is 0 Å². The Morgan fingerprint density at radius 1 is 0.280 bits per heavy atom. The van der Waals surface area contributed by atoms with Crippen LogP contribution < -0.4 is 4.90 Å². The summed E-state index contributed by atoms with van der Waals surface area (Å²) >= 11 is 0. The van der Waals surface area contributed by atoms with Crippen molar-refractivity contribution in [2.75, 3.05) is 4.90 Å². The van der Waals surface area contributed by atoms with Gasteiger partial charge >= 0.3 is 0 Å². The molecule has 0 N–H and O–H groups in total. The van der Waals surface area contributed by atoms with Crippen LogP contribution in [0.5, 0.6) is 0 Å². The third-order valence-corrected chi connectivity index (χ3v) is 9.61. The summed E-state index contributed by atoms with van der Waals surface area (Å²) in [4.78, 5) is 2.29. The molecule has 0 aliphatic heterocycles. The van der Waals surface area contributed by atoms with Crippen LogP contribution in [-0.4, -0.2) is 4.57 Å². The second-order valence-electron chi connectivity index (χ2n) is 12.6. The molecule has 236 valence electrons. The van der Waals surface area contributed by atoms with E-state index < -0.39 is 0 Å². The van der Waals surface area contributed by atoms with Crippen LogP contribution in [0.3, 0.4) is 0 Å². The van der Waals surface area contributed by atoms with Crippen molar-refractivity contribution in [3.05, 3.63) is 206 Å². The number of anilines is 3. The second kappa shape index (κ2) is 12.8. The summed E-state index contributed by atoms with van der Waals surface area (Å²) in [6.45, 7) is 0. The zero-order valence-electron chi connectivity index (χ0n) is 27.5. The number of nitrogens with zero attached hydrogens (tertiary/aromatic N) is 2. The highest BCUT2D eigenvalue weighted by Crippen LogP contribution is 2.37. The predicted molar refractivity (Wildman–Crippen MR) is 212 cm³/mol. The Balaban J connectivity index is 0.992. The Bertz CT molecular complexity index is 2490. The topological polar surface area (TPSA) is 8.17 Å². The summed E-state index contributed by atoms with van der Waals surface area (Å²) in [6.07, 6.45) is 0. The molecule has 0 amide bonds. The fourth-order valence-electron chi connectivity index (χ4n) is 7.12. The molecule has 0 bridgehead atoms. The lowest BCUT2D eigenvalue weighted by atomic mass is 10.00. The molecule has 2 nitrogen and oxygen atoms in total. The summed E-state index contributed by atoms with van der Waals surface area (Å²) in [6, 6.07) is 73.9. The first-order valence-corrected chi connectivity index (χ1v) is 17.1. The number of hydrogen-bond acceptors (Lipinski definition) is 1. The van der Waals surface area contributed by atoms with E-state index in [0.717, 1.165) is 22.7 Å². The molecule has 0 saturated heterocycles. The van der Waals surface area contributed by atoms with Crippen molar-refractivity contribution in [1.82, 2.24) is 4.57 Å². The summed E-state index contributed by atoms with van der Waals surface area (Å²) in [5, 5.41) is 2.53. The molecule has 0 radical (unpaired) electrons. The largest absolute Gasteiger partial charge is 0.311 e. The van der Waals surface area contributed by atoms with Crippen molar-refractivity contribution in [2.45, 2.75) is 0 Å². The summed E-state index contributed by atoms with van der Waals surface area (Å²) in [5.41, 5.74) is 14.2. The highest BCUT2D eigenvalue weighted by molar-refractivity contribution is 6.10. The van der Waals surface area contributed by atoms with Gasteiger partial charge in [0.15, 0.2) is 0 Å². The molecule has 0 aliphatic carbocycles. The minimum absolute atomic E-state index is 1.13. The number of aromatic nitrogens is 1. The van der Waals surface area contributed by atoms with Gasteiger partial charge in [-0.15, -0.1) is 0 Å². The highest BCUT2D eigenvalue weighted by Gasteiger charge is 2.14. The average Bonchev–Trinajstić information content (AvgIpc) is 3.53. The van der Waals surface area contributed by atoms with Crippen molar-refractivity contribution in [2.24, 2.45) is 0 Å². The van der Waals surface area contributed by atoms with Gasteiger partial charge in [-0.1, -0.05) is 140 Å². The van der Waals surface area contributed by atoms with Crippen LogP contribution in [0.2, 0.25) is 0 Å². The van der Waals surface area contributed by atoms with E-state index in [-0.39, 0.29) is 0 Å². The van der Waals surface area contributed by atoms with Gasteiger partial charge in [-0.2, -0.15) is 0 Å². The number of benzene rings is 8. The van der Waals surface area contributed by atoms with Crippen LogP contribution in [0.25, 0.3) is 60.9 Å². The van der Waals surface area contributed by atoms with E-state index in [0.29, 0.717) is 0 Å². The number of para-hydroxylation sites is 3. The minimum atomic E-state index is 1.13. The van der Waals surface area contributed by atoms with Crippen molar-refractivity contribution in [1.29, 1.82) is 0 Å². The van der Waals surface area contributed by atoms with Crippen LogP contribution in [0.15, 0.2) is 206 Å². The molecule has 9 rings (SSSR count). The Morgan fingerprint density at radius 3 is 1.26 bits per heavy atom. The maximum absolute atomic E-state index is 2.38. The van der Waals surface area contributed by atoms with Crippen LogP contribution in [0.1, 0.15) is 0 Å². The van der Waals surface area contributed by atoms with Crippen LogP contribution >= 0.6 is 0 Å². The standard InChI is InChI=1S/C48H34N2/c1-4-12-35(13-5-1)40-28-33-48-46(34-40)45-18-10-11-19-47(45)50(48)44-31-26-39(27-32-44)37-22-20-36(21-23-37)38-24-29-43(30-25-38)49(41-14-6-2-7-15-41)42-16-8-3-9-17-42/h1-34H. The van der Waals surface area contributed by atoms with E-state index in [1.807, 2.05) is 0 Å². The van der Waals surface area contributed by atoms with Gasteiger partial charge in [0.1, 0.15) is 0 Å². The van der Waals surface area contributed by atoms with E-state index >= 15 is 0 Å². The summed E-state index contributed by atoms with van der Waals surface area (Å²) in [7, 11) is 0. The number of fused-ring (bicyclic) bond motifs is 3. The van der Waals surface area contributed by atoms with Crippen molar-refractivity contribution in [3.63, 3.8) is 0 Å². The Labute approximate surface area is 292 Å². The SMILES string of the molecule is c1ccc(-c2ccc3c(c2)c2ccccc2n3-c2ccc(-c3ccc(-c4ccc(N(c5ccccc5)c5ccccc5)cc4)cc3)cc2)cc1. The zero-order chi connectivity index (χ0) is 33.3. The normalized spacial score (nSPS) is 11.2. The molecule has 0 spiro atoms. The first-order valence-electron chi connectivity index (χ1n) is 17.1. The molecule has 9 aromatic rings. The molecule has 1 heterocycles. The lowest BCUT2D eigenvalue weighted by Gasteiger charge is -2.25. The van der Waals surface area contributed by atoms with Crippen LogP contribution in [-0.2, 0) is 0 Å². The van der Waals surface area contributed by atoms with E-state index in [2.05, 4.69) is 216 Å². The molecule has 0 unspecified atom stereocenters. The van der Waals surface area contributed by atoms with Crippen molar-refractivity contribution >= 4 is 38.9 Å². The van der Waals surface area contributed by atoms with E-state index in [1.165, 1.54) is 55.2 Å². The van der Waals surface area contributed by atoms with Gasteiger partial charge in [-0.3, -0.25) is 0 Å². The Kier molecular flexibility index (Phi) is 7.53. The third kappa shape index (κ3) is 5.43. The average molecular weight is 639 g/mol. The fourth-order valence-corrected chi connectivity index (χ4v) is 7.12. The summed E-state index contributed by atoms with van der Waals surface area (Å²) < 4.78 is 2.38. The first kappa shape index (κ1) is 29.5. The lowest BCUT2D eigenvalue weighted by Crippen LogP contribution is -2.09. The van der Waals surface area contributed by atoms with E-state index in [1.54, 1.807) is 0 Å². The van der Waals surface area contributed by atoms with E-state index in [9.17, 15) is 0 Å². The smallest absolute Gasteiger partial charge is 0.0541 e. The molecular weight excluding hydrogens is 605 g/mol. The molecule has 50 heavy (non-hydrogen) atoms. The highest BCUT2D eigenvalue weighted by atomic mass is 15.1. The molecule has 1 aromatic heterocycles. The zero-order valence-corrected chi connectivity index (χ0v) is 27.5. The monoisotopic (exact) mass is 638 g/mol. The molecule has 2 heteroatoms. The predicted octanol–water partition coefficient (Wildman–Crippen LogP) is 13.3. The third-order valence-electron chi connectivity index (χ3n) is 9.61. The van der Waals surface area contributed by atoms with E-state index in [4.69, 9.17) is 0 Å². The first-order chi connectivity index (χ1) is 24.8. The lowest BCUT2D eigenvalue weighted by molar-refractivity contribution is 1.18. The van der Waals surface area contributed by atoms with Crippen molar-refractivity contribution < 1.29 is 0 Å². The minimum Gasteiger partial charge on any atom is -0.311 e. The molecule has 0 fully saturated rings. The van der Waals surface area contributed by atoms with Crippen LogP contribution in [0.4, 0.5) is 17.1 Å². The summed E-state index contributed by atoms with van der Waals surface area (Å²) in [5.74, 6) is 0. The van der Waals surface area contributed by atoms with Gasteiger partial charge in [-0.05, 0) is 100 Å². The molecule has 0 aliphatic rings. The maximum Gasteiger partial charge on any atom is 0.0541 e. The maximum atomic E-state index is 2.38. The Morgan fingerprint density at radius 2 is 0.680 bits per heavy atom. The quantitative estimate of drug-likeness (QED) is 0.169. The molecule has 8 aromatic carbocycles. The number of rotatable bonds is 7. The molecule has 0 atom stereocenters. The van der Waals surface area contributed by atoms with Gasteiger partial charge in [0.25, 0.3) is 0 Å². The molecular formula is C48H34N2. The Hall–Kier alpha value is -6.64. The fraction of sp³-hybridized carbons (Fsp3) is 0. The number of hydrogen-bond donors (Lipinski definition) is 0. The van der Waals surface area contributed by atoms with Gasteiger partial charge in [0.05, 0.1) is 11.0 Å². The van der Waals surface area contributed by atoms with Crippen LogP contribution in [0, 0.1) is 0 Å². The van der Waals surface area contributed by atoms with Gasteiger partial charge in [-0.25, -0.2) is 0 Å². The second-order valence-corrected chi connectivity index (χ2v) is 12.6. The van der Waals surface area contributed by atoms with Crippen molar-refractivity contribution in [3.8, 4) is 39.1 Å². The van der Waals surface area contributed by atoms with Gasteiger partial charge < -0.3 is 9.47 Å². The molecule has 0 saturated carbocycles. The van der Waals surface area contributed by atoms with Gasteiger partial charge in [0, 0.05) is 33.5 Å².